The van der Waals surface area contributed by atoms with Gasteiger partial charge in [-0.25, -0.2) is 4.39 Å². The van der Waals surface area contributed by atoms with Crippen molar-refractivity contribution >= 4 is 11.9 Å². The number of carboxylic acids is 1. The van der Waals surface area contributed by atoms with Gasteiger partial charge in [0, 0.05) is 20.1 Å². The molecule has 3 rings (SSSR count). The Kier molecular flexibility index (Phi) is 5.46. The highest BCUT2D eigenvalue weighted by atomic mass is 19.1. The van der Waals surface area contributed by atoms with E-state index in [-0.39, 0.29) is 30.7 Å². The topological polar surface area (TPSA) is 70.1 Å². The van der Waals surface area contributed by atoms with E-state index in [1.54, 1.807) is 30.1 Å². The molecule has 7 heteroatoms. The van der Waals surface area contributed by atoms with Crippen molar-refractivity contribution in [3.8, 4) is 5.75 Å². The molecular formula is C19H25FN2O4. The lowest BCUT2D eigenvalue weighted by molar-refractivity contribution is -0.149. The Morgan fingerprint density at radius 2 is 2.19 bits per heavy atom. The molecule has 6 nitrogen and oxygen atoms in total. The van der Waals surface area contributed by atoms with Crippen molar-refractivity contribution in [3.05, 3.63) is 30.1 Å². The summed E-state index contributed by atoms with van der Waals surface area (Å²) in [5.74, 6) is -0.931. The minimum absolute atomic E-state index is 0.0809. The minimum Gasteiger partial charge on any atom is -0.489 e. The summed E-state index contributed by atoms with van der Waals surface area (Å²) < 4.78 is 18.9. The number of carbonyl (C=O) groups excluding carboxylic acids is 1. The summed E-state index contributed by atoms with van der Waals surface area (Å²) in [7, 11) is 1.68. The quantitative estimate of drug-likeness (QED) is 0.800. The van der Waals surface area contributed by atoms with Gasteiger partial charge in [-0.1, -0.05) is 18.6 Å². The van der Waals surface area contributed by atoms with Crippen LogP contribution < -0.4 is 4.74 Å². The normalized spacial score (nSPS) is 25.1. The summed E-state index contributed by atoms with van der Waals surface area (Å²) >= 11 is 0. The predicted molar refractivity (Wildman–Crippen MR) is 93.4 cm³/mol. The molecule has 0 aromatic heterocycles. The van der Waals surface area contributed by atoms with E-state index in [2.05, 4.69) is 0 Å². The number of likely N-dealkylation sites (N-methyl/N-ethyl adjacent to an activating group) is 1. The molecular weight excluding hydrogens is 339 g/mol. The molecule has 2 atom stereocenters. The third kappa shape index (κ3) is 3.67. The molecule has 1 amide bonds. The number of hydrogen-bond donors (Lipinski definition) is 1. The van der Waals surface area contributed by atoms with Crippen molar-refractivity contribution in [2.45, 2.75) is 19.3 Å². The maximum Gasteiger partial charge on any atom is 0.311 e. The van der Waals surface area contributed by atoms with Crippen LogP contribution in [0.1, 0.15) is 19.3 Å². The monoisotopic (exact) mass is 364 g/mol. The number of hydrogen-bond acceptors (Lipinski definition) is 4. The van der Waals surface area contributed by atoms with Crippen molar-refractivity contribution in [1.29, 1.82) is 0 Å². The molecule has 0 bridgehead atoms. The summed E-state index contributed by atoms with van der Waals surface area (Å²) in [6.45, 7) is 1.86. The molecule has 1 saturated carbocycles. The molecule has 0 unspecified atom stereocenters. The molecule has 0 radical (unpaired) electrons. The Balaban J connectivity index is 1.46. The number of rotatable bonds is 7. The highest BCUT2D eigenvalue weighted by molar-refractivity contribution is 5.79. The fourth-order valence-corrected chi connectivity index (χ4v) is 4.15. The van der Waals surface area contributed by atoms with E-state index in [4.69, 9.17) is 4.74 Å². The van der Waals surface area contributed by atoms with E-state index in [0.29, 0.717) is 26.1 Å². The summed E-state index contributed by atoms with van der Waals surface area (Å²) in [6.07, 6.45) is 2.57. The Hall–Kier alpha value is -2.15. The first-order valence-corrected chi connectivity index (χ1v) is 8.99. The average molecular weight is 364 g/mol. The SMILES string of the molecule is CN(CCOc1ccccc1F)C(=O)CN1C[C@@H]2CCC[C@@]2(C(=O)O)C1. The molecule has 142 valence electrons. The van der Waals surface area contributed by atoms with Crippen molar-refractivity contribution in [1.82, 2.24) is 9.80 Å². The van der Waals surface area contributed by atoms with Crippen LogP contribution >= 0.6 is 0 Å². The lowest BCUT2D eigenvalue weighted by Gasteiger charge is -2.24. The Bertz CT molecular complexity index is 683. The lowest BCUT2D eigenvalue weighted by Crippen LogP contribution is -2.41. The zero-order chi connectivity index (χ0) is 18.7. The lowest BCUT2D eigenvalue weighted by atomic mass is 9.81. The molecule has 1 N–H and O–H groups in total. The number of aliphatic carboxylic acids is 1. The molecule has 1 aliphatic heterocycles. The van der Waals surface area contributed by atoms with Crippen LogP contribution in [-0.4, -0.2) is 66.6 Å². The number of carboxylic acid groups (broad SMARTS) is 1. The second-order valence-electron chi connectivity index (χ2n) is 7.31. The molecule has 1 heterocycles. The third-order valence-corrected chi connectivity index (χ3v) is 5.67. The van der Waals surface area contributed by atoms with E-state index in [9.17, 15) is 19.1 Å². The van der Waals surface area contributed by atoms with Gasteiger partial charge in [-0.05, 0) is 30.9 Å². The molecule has 1 aromatic rings. The van der Waals surface area contributed by atoms with Gasteiger partial charge in [0.05, 0.1) is 18.5 Å². The fourth-order valence-electron chi connectivity index (χ4n) is 4.15. The number of benzene rings is 1. The standard InChI is InChI=1S/C19H25FN2O4/c1-21(9-10-26-16-7-3-2-6-15(16)20)17(23)12-22-11-14-5-4-8-19(14,13-22)18(24)25/h2-3,6-7,14H,4-5,8-13H2,1H3,(H,24,25)/t14-,19+/m0/s1. The van der Waals surface area contributed by atoms with Crippen molar-refractivity contribution in [3.63, 3.8) is 0 Å². The summed E-state index contributed by atoms with van der Waals surface area (Å²) in [5, 5.41) is 9.61. The van der Waals surface area contributed by atoms with E-state index < -0.39 is 17.2 Å². The fraction of sp³-hybridized carbons (Fsp3) is 0.579. The number of nitrogens with zero attached hydrogens (tertiary/aromatic N) is 2. The van der Waals surface area contributed by atoms with E-state index in [0.717, 1.165) is 12.8 Å². The smallest absolute Gasteiger partial charge is 0.311 e. The van der Waals surface area contributed by atoms with Crippen LogP contribution in [0.2, 0.25) is 0 Å². The first kappa shape index (κ1) is 18.6. The van der Waals surface area contributed by atoms with Gasteiger partial charge >= 0.3 is 5.97 Å². The second-order valence-corrected chi connectivity index (χ2v) is 7.31. The van der Waals surface area contributed by atoms with Crippen LogP contribution in [0.3, 0.4) is 0 Å². The number of halogens is 1. The zero-order valence-electron chi connectivity index (χ0n) is 15.0. The number of fused-ring (bicyclic) bond motifs is 1. The van der Waals surface area contributed by atoms with Gasteiger partial charge < -0.3 is 14.7 Å². The highest BCUT2D eigenvalue weighted by Crippen LogP contribution is 2.48. The Morgan fingerprint density at radius 3 is 2.88 bits per heavy atom. The number of likely N-dealkylation sites (tertiary alicyclic amines) is 1. The van der Waals surface area contributed by atoms with Crippen LogP contribution in [0.5, 0.6) is 5.75 Å². The summed E-state index contributed by atoms with van der Waals surface area (Å²) in [5.41, 5.74) is -0.674. The van der Waals surface area contributed by atoms with E-state index in [1.165, 1.54) is 6.07 Å². The average Bonchev–Trinajstić information content (AvgIpc) is 3.14. The zero-order valence-corrected chi connectivity index (χ0v) is 15.0. The summed E-state index contributed by atoms with van der Waals surface area (Å²) in [4.78, 5) is 27.6. The van der Waals surface area contributed by atoms with Gasteiger partial charge in [0.2, 0.25) is 5.91 Å². The van der Waals surface area contributed by atoms with Gasteiger partial charge in [0.1, 0.15) is 6.61 Å². The van der Waals surface area contributed by atoms with Crippen molar-refractivity contribution in [2.24, 2.45) is 11.3 Å². The molecule has 1 aliphatic carbocycles. The highest BCUT2D eigenvalue weighted by Gasteiger charge is 2.54. The van der Waals surface area contributed by atoms with Crippen LogP contribution in [-0.2, 0) is 9.59 Å². The predicted octanol–water partition coefficient (Wildman–Crippen LogP) is 1.85. The molecule has 26 heavy (non-hydrogen) atoms. The van der Waals surface area contributed by atoms with Crippen molar-refractivity contribution in [2.75, 3.05) is 39.8 Å². The molecule has 2 aliphatic rings. The Labute approximate surface area is 152 Å². The van der Waals surface area contributed by atoms with Gasteiger partial charge in [-0.3, -0.25) is 14.5 Å². The maximum absolute atomic E-state index is 13.5. The van der Waals surface area contributed by atoms with Crippen molar-refractivity contribution < 1.29 is 23.8 Å². The van der Waals surface area contributed by atoms with Crippen LogP contribution in [0.15, 0.2) is 24.3 Å². The van der Waals surface area contributed by atoms with Gasteiger partial charge in [-0.2, -0.15) is 0 Å². The van der Waals surface area contributed by atoms with Gasteiger partial charge in [-0.15, -0.1) is 0 Å². The number of carbonyl (C=O) groups is 2. The maximum atomic E-state index is 13.5. The molecule has 1 aromatic carbocycles. The van der Waals surface area contributed by atoms with E-state index in [1.807, 2.05) is 4.90 Å². The molecule has 2 fully saturated rings. The first-order valence-electron chi connectivity index (χ1n) is 8.99. The second kappa shape index (κ2) is 7.61. The minimum atomic E-state index is -0.735. The van der Waals surface area contributed by atoms with Crippen LogP contribution in [0.25, 0.3) is 0 Å². The Morgan fingerprint density at radius 1 is 1.42 bits per heavy atom. The third-order valence-electron chi connectivity index (χ3n) is 5.67. The summed E-state index contributed by atoms with van der Waals surface area (Å²) in [6, 6.07) is 6.15. The van der Waals surface area contributed by atoms with Gasteiger partial charge in [0.25, 0.3) is 0 Å². The van der Waals surface area contributed by atoms with Gasteiger partial charge in [0.15, 0.2) is 11.6 Å². The number of ether oxygens (including phenoxy) is 1. The molecule has 0 spiro atoms. The molecule has 1 saturated heterocycles. The van der Waals surface area contributed by atoms with Crippen LogP contribution in [0.4, 0.5) is 4.39 Å². The number of amides is 1. The van der Waals surface area contributed by atoms with Crippen LogP contribution in [0, 0.1) is 17.2 Å². The van der Waals surface area contributed by atoms with E-state index >= 15 is 0 Å². The number of para-hydroxylation sites is 1. The first-order chi connectivity index (χ1) is 12.4. The largest absolute Gasteiger partial charge is 0.489 e.